The van der Waals surface area contributed by atoms with Gasteiger partial charge in [0, 0.05) is 43.3 Å². The number of anilines is 3. The normalized spacial score (nSPS) is 14.5. The minimum absolute atomic E-state index is 0.00529. The lowest BCUT2D eigenvalue weighted by atomic mass is 10.2. The van der Waals surface area contributed by atoms with E-state index in [0.717, 1.165) is 50.8 Å². The van der Waals surface area contributed by atoms with Crippen LogP contribution in [0, 0.1) is 24.4 Å². The Kier molecular flexibility index (Phi) is 6.16. The van der Waals surface area contributed by atoms with Gasteiger partial charge < -0.3 is 24.8 Å². The average molecular weight is 483 g/mol. The smallest absolute Gasteiger partial charge is 0.261 e. The minimum Gasteiger partial charge on any atom is -0.433 e. The van der Waals surface area contributed by atoms with Crippen LogP contribution in [0.15, 0.2) is 36.8 Å². The first kappa shape index (κ1) is 22.9. The average Bonchev–Trinajstić information content (AvgIpc) is 3.28. The Balaban J connectivity index is 1.33. The van der Waals surface area contributed by atoms with E-state index in [2.05, 4.69) is 42.0 Å². The fourth-order valence-corrected chi connectivity index (χ4v) is 4.12. The first-order chi connectivity index (χ1) is 16.9. The number of H-pyrrole nitrogens is 1. The van der Waals surface area contributed by atoms with Crippen LogP contribution in [0.25, 0.3) is 10.9 Å². The summed E-state index contributed by atoms with van der Waals surface area (Å²) in [4.78, 5) is 19.4. The molecule has 4 aromatic rings. The second kappa shape index (κ2) is 9.41. The van der Waals surface area contributed by atoms with E-state index in [0.29, 0.717) is 11.5 Å². The summed E-state index contributed by atoms with van der Waals surface area (Å²) in [7, 11) is 0. The molecule has 0 radical (unpaired) electrons. The monoisotopic (exact) mass is 483 g/mol. The van der Waals surface area contributed by atoms with E-state index in [4.69, 9.17) is 4.74 Å². The van der Waals surface area contributed by atoms with Crippen molar-refractivity contribution in [3.63, 3.8) is 0 Å². The molecule has 1 aliphatic heterocycles. The molecular weight excluding hydrogens is 459 g/mol. The van der Waals surface area contributed by atoms with Crippen molar-refractivity contribution in [2.75, 3.05) is 42.9 Å². The van der Waals surface area contributed by atoms with Crippen LogP contribution in [0.1, 0.15) is 12.6 Å². The number of ether oxygens (including phenoxy) is 1. The molecule has 11 heteroatoms. The molecule has 1 aromatic carbocycles. The SMILES string of the molecule is CCN1CCN(c2ccc(Nc3ncnc(Oc4cc(F)c5[nH]c(C)cc5c4F)c3F)nc2)CC1. The van der Waals surface area contributed by atoms with Gasteiger partial charge in [0.05, 0.1) is 17.4 Å². The topological polar surface area (TPSA) is 82.2 Å². The highest BCUT2D eigenvalue weighted by Crippen LogP contribution is 2.34. The van der Waals surface area contributed by atoms with E-state index in [1.807, 2.05) is 6.07 Å². The number of halogens is 3. The number of hydrogen-bond acceptors (Lipinski definition) is 7. The lowest BCUT2D eigenvalue weighted by molar-refractivity contribution is 0.271. The van der Waals surface area contributed by atoms with Crippen LogP contribution in [0.5, 0.6) is 11.6 Å². The Morgan fingerprint density at radius 2 is 1.83 bits per heavy atom. The first-order valence-electron chi connectivity index (χ1n) is 11.3. The maximum Gasteiger partial charge on any atom is 0.261 e. The molecule has 0 unspecified atom stereocenters. The second-order valence-electron chi connectivity index (χ2n) is 8.30. The van der Waals surface area contributed by atoms with Gasteiger partial charge in [-0.1, -0.05) is 6.92 Å². The van der Waals surface area contributed by atoms with Gasteiger partial charge in [0.25, 0.3) is 5.88 Å². The number of piperazine rings is 1. The molecule has 3 aromatic heterocycles. The van der Waals surface area contributed by atoms with Gasteiger partial charge in [0.15, 0.2) is 23.2 Å². The predicted octanol–water partition coefficient (Wildman–Crippen LogP) is 4.76. The molecule has 0 aliphatic carbocycles. The number of nitrogens with zero attached hydrogens (tertiary/aromatic N) is 5. The Labute approximate surface area is 199 Å². The van der Waals surface area contributed by atoms with Crippen LogP contribution in [0.2, 0.25) is 0 Å². The number of aryl methyl sites for hydroxylation is 1. The van der Waals surface area contributed by atoms with Crippen LogP contribution < -0.4 is 15.0 Å². The Hall–Kier alpha value is -3.86. The molecule has 0 saturated carbocycles. The molecule has 182 valence electrons. The lowest BCUT2D eigenvalue weighted by Crippen LogP contribution is -2.46. The van der Waals surface area contributed by atoms with Crippen molar-refractivity contribution in [3.8, 4) is 11.6 Å². The van der Waals surface area contributed by atoms with Crippen molar-refractivity contribution >= 4 is 28.2 Å². The van der Waals surface area contributed by atoms with E-state index in [9.17, 15) is 8.78 Å². The number of benzene rings is 1. The maximum atomic E-state index is 15.1. The van der Waals surface area contributed by atoms with Gasteiger partial charge in [-0.3, -0.25) is 0 Å². The van der Waals surface area contributed by atoms with E-state index >= 15 is 4.39 Å². The zero-order valence-corrected chi connectivity index (χ0v) is 19.3. The van der Waals surface area contributed by atoms with Crippen LogP contribution in [-0.4, -0.2) is 57.6 Å². The van der Waals surface area contributed by atoms with Gasteiger partial charge in [-0.05, 0) is 31.7 Å². The molecule has 0 atom stereocenters. The van der Waals surface area contributed by atoms with Crippen LogP contribution in [0.3, 0.4) is 0 Å². The van der Waals surface area contributed by atoms with Gasteiger partial charge >= 0.3 is 0 Å². The molecule has 4 heterocycles. The molecule has 1 aliphatic rings. The van der Waals surface area contributed by atoms with E-state index in [-0.39, 0.29) is 16.7 Å². The van der Waals surface area contributed by atoms with Crippen molar-refractivity contribution in [1.82, 2.24) is 24.8 Å². The van der Waals surface area contributed by atoms with Crippen molar-refractivity contribution in [2.24, 2.45) is 0 Å². The largest absolute Gasteiger partial charge is 0.433 e. The summed E-state index contributed by atoms with van der Waals surface area (Å²) >= 11 is 0. The molecule has 1 saturated heterocycles. The third-order valence-electron chi connectivity index (χ3n) is 6.04. The standard InChI is InChI=1S/C24H24F3N7O/c1-3-33-6-8-34(9-7-33)15-4-5-19(28-12-15)32-23-21(27)24(30-13-29-23)35-18-11-17(25)22-16(20(18)26)10-14(2)31-22/h4-5,10-13,31H,3,6-9H2,1-2H3,(H,28,29,30,32). The summed E-state index contributed by atoms with van der Waals surface area (Å²) in [5.74, 6) is -3.37. The first-order valence-corrected chi connectivity index (χ1v) is 11.3. The fourth-order valence-electron chi connectivity index (χ4n) is 4.12. The van der Waals surface area contributed by atoms with Crippen LogP contribution >= 0.6 is 0 Å². The van der Waals surface area contributed by atoms with Crippen molar-refractivity contribution in [1.29, 1.82) is 0 Å². The minimum atomic E-state index is -0.959. The fraction of sp³-hybridized carbons (Fsp3) is 0.292. The summed E-state index contributed by atoms with van der Waals surface area (Å²) in [6.07, 6.45) is 2.78. The van der Waals surface area contributed by atoms with Gasteiger partial charge in [0.2, 0.25) is 5.82 Å². The van der Waals surface area contributed by atoms with Gasteiger partial charge in [0.1, 0.15) is 12.1 Å². The summed E-state index contributed by atoms with van der Waals surface area (Å²) < 4.78 is 49.6. The summed E-state index contributed by atoms with van der Waals surface area (Å²) in [6.45, 7) is 8.67. The number of likely N-dealkylation sites (N-methyl/N-ethyl adjacent to an activating group) is 1. The maximum absolute atomic E-state index is 15.1. The summed E-state index contributed by atoms with van der Waals surface area (Å²) in [5.41, 5.74) is 1.57. The number of hydrogen-bond donors (Lipinski definition) is 2. The Morgan fingerprint density at radius 1 is 1.03 bits per heavy atom. The van der Waals surface area contributed by atoms with Crippen molar-refractivity contribution < 1.29 is 17.9 Å². The summed E-state index contributed by atoms with van der Waals surface area (Å²) in [6, 6.07) is 5.92. The third-order valence-corrected chi connectivity index (χ3v) is 6.04. The number of fused-ring (bicyclic) bond motifs is 1. The predicted molar refractivity (Wildman–Crippen MR) is 127 cm³/mol. The molecule has 8 nitrogen and oxygen atoms in total. The molecule has 1 fully saturated rings. The van der Waals surface area contributed by atoms with Crippen LogP contribution in [-0.2, 0) is 0 Å². The molecule has 0 amide bonds. The van der Waals surface area contributed by atoms with Crippen LogP contribution in [0.4, 0.5) is 30.5 Å². The molecule has 35 heavy (non-hydrogen) atoms. The highest BCUT2D eigenvalue weighted by atomic mass is 19.1. The van der Waals surface area contributed by atoms with E-state index in [1.165, 1.54) is 6.07 Å². The molecule has 2 N–H and O–H groups in total. The zero-order valence-electron chi connectivity index (χ0n) is 19.3. The number of pyridine rings is 1. The second-order valence-corrected chi connectivity index (χ2v) is 8.30. The highest BCUT2D eigenvalue weighted by Gasteiger charge is 2.20. The Morgan fingerprint density at radius 3 is 2.54 bits per heavy atom. The number of nitrogens with one attached hydrogen (secondary N) is 2. The van der Waals surface area contributed by atoms with Crippen molar-refractivity contribution in [3.05, 3.63) is 59.9 Å². The molecule has 5 rings (SSSR count). The number of aromatic amines is 1. The third kappa shape index (κ3) is 4.59. The van der Waals surface area contributed by atoms with Gasteiger partial charge in [-0.15, -0.1) is 0 Å². The van der Waals surface area contributed by atoms with Gasteiger partial charge in [-0.2, -0.15) is 9.37 Å². The number of aromatic nitrogens is 4. The molecule has 0 bridgehead atoms. The highest BCUT2D eigenvalue weighted by molar-refractivity contribution is 5.83. The van der Waals surface area contributed by atoms with E-state index in [1.54, 1.807) is 19.2 Å². The van der Waals surface area contributed by atoms with E-state index < -0.39 is 29.1 Å². The quantitative estimate of drug-likeness (QED) is 0.409. The molecular formula is C24H24F3N7O. The summed E-state index contributed by atoms with van der Waals surface area (Å²) in [5, 5.41) is 2.79. The zero-order chi connectivity index (χ0) is 24.5. The lowest BCUT2D eigenvalue weighted by Gasteiger charge is -2.35. The Bertz CT molecular complexity index is 1350. The van der Waals surface area contributed by atoms with Crippen molar-refractivity contribution in [2.45, 2.75) is 13.8 Å². The number of rotatable bonds is 6. The van der Waals surface area contributed by atoms with Gasteiger partial charge in [-0.25, -0.2) is 18.7 Å². The molecule has 0 spiro atoms.